The second-order valence-corrected chi connectivity index (χ2v) is 8.26. The van der Waals surface area contributed by atoms with E-state index in [1.807, 2.05) is 51.1 Å². The van der Waals surface area contributed by atoms with Crippen molar-refractivity contribution in [1.29, 1.82) is 0 Å². The quantitative estimate of drug-likeness (QED) is 0.609. The Morgan fingerprint density at radius 3 is 2.21 bits per heavy atom. The molecule has 1 heterocycles. The van der Waals surface area contributed by atoms with E-state index in [0.29, 0.717) is 11.1 Å². The summed E-state index contributed by atoms with van der Waals surface area (Å²) in [6.07, 6.45) is -0.0711. The number of hydrogen-bond donors (Lipinski definition) is 0. The maximum Gasteiger partial charge on any atom is 0.258 e. The van der Waals surface area contributed by atoms with Crippen LogP contribution < -0.4 is 5.56 Å². The minimum atomic E-state index is -0.848. The van der Waals surface area contributed by atoms with Crippen LogP contribution in [-0.2, 0) is 16.6 Å². The van der Waals surface area contributed by atoms with Gasteiger partial charge < -0.3 is 14.1 Å². The van der Waals surface area contributed by atoms with E-state index in [9.17, 15) is 9.59 Å². The number of rotatable bonds is 4. The summed E-state index contributed by atoms with van der Waals surface area (Å²) < 4.78 is 7.60. The lowest BCUT2D eigenvalue weighted by molar-refractivity contribution is -0.129. The molecule has 0 aliphatic carbocycles. The van der Waals surface area contributed by atoms with Gasteiger partial charge in [0, 0.05) is 18.0 Å². The van der Waals surface area contributed by atoms with Gasteiger partial charge in [-0.2, -0.15) is 0 Å². The Bertz CT molecular complexity index is 1100. The average Bonchev–Trinajstić information content (AvgIpc) is 2.64. The maximum absolute atomic E-state index is 13.0. The standard InChI is InChI=1S/C24H27NO3/c1-15-11-12-17(13-16(15)2)21-18-9-7-8-10-19(18)23(27)25(6)22(21)20(14-26)28-24(3,4)5/h7-14,20H,1-6H3. The Morgan fingerprint density at radius 2 is 1.64 bits per heavy atom. The number of nitrogens with zero attached hydrogens (tertiary/aromatic N) is 1. The van der Waals surface area contributed by atoms with Gasteiger partial charge >= 0.3 is 0 Å². The molecule has 4 nitrogen and oxygen atoms in total. The van der Waals surface area contributed by atoms with Crippen LogP contribution in [0.25, 0.3) is 21.9 Å². The van der Waals surface area contributed by atoms with Crippen LogP contribution in [0, 0.1) is 13.8 Å². The van der Waals surface area contributed by atoms with Gasteiger partial charge in [-0.1, -0.05) is 36.4 Å². The SMILES string of the molecule is Cc1ccc(-c2c(C(C=O)OC(C)(C)C)n(C)c(=O)c3ccccc23)cc1C. The van der Waals surface area contributed by atoms with Crippen molar-refractivity contribution in [3.63, 3.8) is 0 Å². The molecule has 2 aromatic carbocycles. The van der Waals surface area contributed by atoms with Gasteiger partial charge in [-0.15, -0.1) is 0 Å². The number of aryl methyl sites for hydroxylation is 2. The Balaban J connectivity index is 2.45. The lowest BCUT2D eigenvalue weighted by Gasteiger charge is -2.28. The van der Waals surface area contributed by atoms with Crippen LogP contribution in [0.15, 0.2) is 47.3 Å². The first-order chi connectivity index (χ1) is 13.1. The number of aldehydes is 1. The summed E-state index contributed by atoms with van der Waals surface area (Å²) in [5.41, 5.74) is 4.09. The van der Waals surface area contributed by atoms with Crippen LogP contribution in [0.5, 0.6) is 0 Å². The fourth-order valence-electron chi connectivity index (χ4n) is 3.55. The van der Waals surface area contributed by atoms with Gasteiger partial charge in [-0.05, 0) is 62.8 Å². The van der Waals surface area contributed by atoms with Crippen molar-refractivity contribution in [2.75, 3.05) is 0 Å². The average molecular weight is 377 g/mol. The van der Waals surface area contributed by atoms with Crippen molar-refractivity contribution in [2.45, 2.75) is 46.3 Å². The number of ether oxygens (including phenoxy) is 1. The fourth-order valence-corrected chi connectivity index (χ4v) is 3.55. The molecular weight excluding hydrogens is 350 g/mol. The van der Waals surface area contributed by atoms with Crippen LogP contribution >= 0.6 is 0 Å². The molecule has 0 amide bonds. The minimum absolute atomic E-state index is 0.137. The molecule has 0 saturated carbocycles. The van der Waals surface area contributed by atoms with Crippen LogP contribution in [-0.4, -0.2) is 16.5 Å². The molecule has 0 saturated heterocycles. The van der Waals surface area contributed by atoms with E-state index < -0.39 is 11.7 Å². The Hall–Kier alpha value is -2.72. The minimum Gasteiger partial charge on any atom is -0.359 e. The molecule has 146 valence electrons. The summed E-state index contributed by atoms with van der Waals surface area (Å²) in [5, 5.41) is 1.45. The first-order valence-electron chi connectivity index (χ1n) is 9.46. The van der Waals surface area contributed by atoms with Crippen molar-refractivity contribution in [2.24, 2.45) is 7.05 Å². The normalized spacial score (nSPS) is 12.9. The molecule has 4 heteroatoms. The summed E-state index contributed by atoms with van der Waals surface area (Å²) >= 11 is 0. The third-order valence-corrected chi connectivity index (χ3v) is 5.02. The largest absolute Gasteiger partial charge is 0.359 e. The van der Waals surface area contributed by atoms with Gasteiger partial charge in [0.05, 0.1) is 11.3 Å². The molecule has 0 radical (unpaired) electrons. The molecule has 0 aliphatic rings. The van der Waals surface area contributed by atoms with E-state index in [1.54, 1.807) is 11.6 Å². The number of benzene rings is 2. The van der Waals surface area contributed by atoms with E-state index in [0.717, 1.165) is 28.4 Å². The van der Waals surface area contributed by atoms with E-state index in [4.69, 9.17) is 4.74 Å². The number of pyridine rings is 1. The zero-order chi connectivity index (χ0) is 20.6. The van der Waals surface area contributed by atoms with Gasteiger partial charge in [0.2, 0.25) is 0 Å². The number of carbonyl (C=O) groups excluding carboxylic acids is 1. The summed E-state index contributed by atoms with van der Waals surface area (Å²) in [6.45, 7) is 9.83. The molecule has 1 unspecified atom stereocenters. The zero-order valence-corrected chi connectivity index (χ0v) is 17.4. The van der Waals surface area contributed by atoms with Gasteiger partial charge in [-0.3, -0.25) is 4.79 Å². The Morgan fingerprint density at radius 1 is 1.00 bits per heavy atom. The smallest absolute Gasteiger partial charge is 0.258 e. The first-order valence-corrected chi connectivity index (χ1v) is 9.46. The zero-order valence-electron chi connectivity index (χ0n) is 17.4. The van der Waals surface area contributed by atoms with E-state index in [1.165, 1.54) is 5.56 Å². The van der Waals surface area contributed by atoms with Crippen LogP contribution in [0.4, 0.5) is 0 Å². The fraction of sp³-hybridized carbons (Fsp3) is 0.333. The van der Waals surface area contributed by atoms with Gasteiger partial charge in [0.15, 0.2) is 12.4 Å². The number of fused-ring (bicyclic) bond motifs is 1. The van der Waals surface area contributed by atoms with Crippen LogP contribution in [0.1, 0.15) is 43.7 Å². The third-order valence-electron chi connectivity index (χ3n) is 5.02. The molecule has 0 bridgehead atoms. The van der Waals surface area contributed by atoms with Crippen molar-refractivity contribution >= 4 is 17.1 Å². The second kappa shape index (κ2) is 7.36. The Kier molecular flexibility index (Phi) is 5.26. The van der Waals surface area contributed by atoms with Crippen molar-refractivity contribution in [1.82, 2.24) is 4.57 Å². The molecule has 3 rings (SSSR count). The van der Waals surface area contributed by atoms with Crippen LogP contribution in [0.2, 0.25) is 0 Å². The van der Waals surface area contributed by atoms with Gasteiger partial charge in [0.25, 0.3) is 5.56 Å². The summed E-state index contributed by atoms with van der Waals surface area (Å²) in [4.78, 5) is 25.1. The number of carbonyl (C=O) groups is 1. The second-order valence-electron chi connectivity index (χ2n) is 8.26. The molecule has 0 fully saturated rings. The molecule has 28 heavy (non-hydrogen) atoms. The van der Waals surface area contributed by atoms with Crippen molar-refractivity contribution in [3.8, 4) is 11.1 Å². The summed E-state index contributed by atoms with van der Waals surface area (Å²) in [7, 11) is 1.71. The summed E-state index contributed by atoms with van der Waals surface area (Å²) in [6, 6.07) is 13.7. The summed E-state index contributed by atoms with van der Waals surface area (Å²) in [5.74, 6) is 0. The molecule has 1 aromatic heterocycles. The highest BCUT2D eigenvalue weighted by atomic mass is 16.5. The predicted octanol–water partition coefficient (Wildman–Crippen LogP) is 4.88. The molecule has 3 aromatic rings. The molecule has 1 atom stereocenters. The molecular formula is C24H27NO3. The van der Waals surface area contributed by atoms with E-state index in [2.05, 4.69) is 26.0 Å². The predicted molar refractivity (Wildman–Crippen MR) is 114 cm³/mol. The van der Waals surface area contributed by atoms with Gasteiger partial charge in [-0.25, -0.2) is 0 Å². The van der Waals surface area contributed by atoms with E-state index >= 15 is 0 Å². The topological polar surface area (TPSA) is 48.3 Å². The van der Waals surface area contributed by atoms with Crippen molar-refractivity contribution in [3.05, 3.63) is 69.6 Å². The van der Waals surface area contributed by atoms with Crippen molar-refractivity contribution < 1.29 is 9.53 Å². The first kappa shape index (κ1) is 20.0. The maximum atomic E-state index is 13.0. The highest BCUT2D eigenvalue weighted by molar-refractivity contribution is 5.98. The number of hydrogen-bond acceptors (Lipinski definition) is 3. The Labute approximate surface area is 165 Å². The highest BCUT2D eigenvalue weighted by Crippen LogP contribution is 2.36. The van der Waals surface area contributed by atoms with Crippen LogP contribution in [0.3, 0.4) is 0 Å². The molecule has 0 aliphatic heterocycles. The van der Waals surface area contributed by atoms with E-state index in [-0.39, 0.29) is 5.56 Å². The molecule has 0 spiro atoms. The lowest BCUT2D eigenvalue weighted by atomic mass is 9.92. The highest BCUT2D eigenvalue weighted by Gasteiger charge is 2.27. The molecule has 0 N–H and O–H groups in total. The van der Waals surface area contributed by atoms with Gasteiger partial charge in [0.1, 0.15) is 0 Å². The lowest BCUT2D eigenvalue weighted by Crippen LogP contribution is -2.30. The third kappa shape index (κ3) is 3.65. The monoisotopic (exact) mass is 377 g/mol. The number of aromatic nitrogens is 1.